The molecule has 0 saturated carbocycles. The van der Waals surface area contributed by atoms with Gasteiger partial charge < -0.3 is 15.4 Å². The summed E-state index contributed by atoms with van der Waals surface area (Å²) in [6, 6.07) is 19.7. The standard InChI is InChI=1S/C26H30BN3O5/c1-16(2)14-21(27(32)33)28-26(31)24-22(18-9-4-3-5-10-18)25(30(34)35)23(29-24)20-13-12-17-8-6-7-11-19(17)15-20/h3-13,15-16,21-25,29,32-33H,14H2,1-2H3,(H,28,31). The van der Waals surface area contributed by atoms with Crippen molar-refractivity contribution in [3.8, 4) is 0 Å². The maximum absolute atomic E-state index is 13.5. The molecule has 1 aliphatic heterocycles. The van der Waals surface area contributed by atoms with E-state index in [9.17, 15) is 25.0 Å². The van der Waals surface area contributed by atoms with Gasteiger partial charge in [0.25, 0.3) is 0 Å². The predicted molar refractivity (Wildman–Crippen MR) is 135 cm³/mol. The first-order chi connectivity index (χ1) is 16.8. The van der Waals surface area contributed by atoms with Gasteiger partial charge in [-0.05, 0) is 40.3 Å². The minimum atomic E-state index is -1.74. The molecule has 0 aliphatic carbocycles. The molecule has 4 rings (SSSR count). The zero-order valence-corrected chi connectivity index (χ0v) is 19.7. The summed E-state index contributed by atoms with van der Waals surface area (Å²) in [4.78, 5) is 25.6. The first-order valence-corrected chi connectivity index (χ1v) is 11.9. The van der Waals surface area contributed by atoms with Crippen LogP contribution in [0.1, 0.15) is 43.4 Å². The SMILES string of the molecule is CC(C)CC(NC(=O)C1NC(c2ccc3ccccc3c2)C([N+](=O)[O-])C1c1ccccc1)B(O)O. The number of amides is 1. The van der Waals surface area contributed by atoms with Crippen molar-refractivity contribution in [3.63, 3.8) is 0 Å². The summed E-state index contributed by atoms with van der Waals surface area (Å²) in [5, 5.41) is 40.0. The lowest BCUT2D eigenvalue weighted by atomic mass is 9.74. The van der Waals surface area contributed by atoms with Crippen molar-refractivity contribution in [2.24, 2.45) is 5.92 Å². The summed E-state index contributed by atoms with van der Waals surface area (Å²) in [6.45, 7) is 3.83. The van der Waals surface area contributed by atoms with Crippen LogP contribution in [0.4, 0.5) is 0 Å². The number of hydrogen-bond donors (Lipinski definition) is 4. The van der Waals surface area contributed by atoms with Gasteiger partial charge in [-0.15, -0.1) is 0 Å². The van der Waals surface area contributed by atoms with E-state index in [2.05, 4.69) is 10.6 Å². The van der Waals surface area contributed by atoms with Gasteiger partial charge in [0.2, 0.25) is 11.9 Å². The third-order valence-electron chi connectivity index (χ3n) is 6.68. The Kier molecular flexibility index (Phi) is 7.49. The molecule has 1 amide bonds. The topological polar surface area (TPSA) is 125 Å². The molecular weight excluding hydrogens is 445 g/mol. The van der Waals surface area contributed by atoms with Crippen molar-refractivity contribution < 1.29 is 19.8 Å². The second-order valence-electron chi connectivity index (χ2n) is 9.60. The van der Waals surface area contributed by atoms with Gasteiger partial charge in [-0.25, -0.2) is 0 Å². The number of nitrogens with one attached hydrogen (secondary N) is 2. The van der Waals surface area contributed by atoms with E-state index in [0.717, 1.165) is 16.3 Å². The highest BCUT2D eigenvalue weighted by molar-refractivity contribution is 6.43. The highest BCUT2D eigenvalue weighted by Crippen LogP contribution is 2.41. The van der Waals surface area contributed by atoms with Gasteiger partial charge in [-0.1, -0.05) is 80.6 Å². The molecule has 1 fully saturated rings. The van der Waals surface area contributed by atoms with Crippen molar-refractivity contribution in [3.05, 3.63) is 94.0 Å². The van der Waals surface area contributed by atoms with Crippen LogP contribution in [0.3, 0.4) is 0 Å². The van der Waals surface area contributed by atoms with E-state index in [0.29, 0.717) is 12.0 Å². The lowest BCUT2D eigenvalue weighted by molar-refractivity contribution is -0.527. The minimum absolute atomic E-state index is 0.112. The molecule has 3 aromatic rings. The second kappa shape index (κ2) is 10.6. The number of nitrogens with zero attached hydrogens (tertiary/aromatic N) is 1. The number of nitro groups is 1. The zero-order valence-electron chi connectivity index (χ0n) is 19.7. The Morgan fingerprint density at radius 3 is 2.31 bits per heavy atom. The van der Waals surface area contributed by atoms with Gasteiger partial charge in [0, 0.05) is 4.92 Å². The van der Waals surface area contributed by atoms with E-state index in [4.69, 9.17) is 0 Å². The molecule has 1 heterocycles. The molecule has 3 aromatic carbocycles. The van der Waals surface area contributed by atoms with Crippen molar-refractivity contribution in [2.75, 3.05) is 0 Å². The van der Waals surface area contributed by atoms with Crippen molar-refractivity contribution in [1.29, 1.82) is 0 Å². The predicted octanol–water partition coefficient (Wildman–Crippen LogP) is 2.82. The van der Waals surface area contributed by atoms with Gasteiger partial charge in [-0.2, -0.15) is 0 Å². The summed E-state index contributed by atoms with van der Waals surface area (Å²) >= 11 is 0. The molecule has 0 spiro atoms. The van der Waals surface area contributed by atoms with Gasteiger partial charge in [0.1, 0.15) is 12.1 Å². The normalized spacial score (nSPS) is 22.8. The van der Waals surface area contributed by atoms with Gasteiger partial charge in [0.05, 0.1) is 11.9 Å². The molecule has 182 valence electrons. The number of carbonyl (C=O) groups is 1. The monoisotopic (exact) mass is 475 g/mol. The van der Waals surface area contributed by atoms with E-state index in [1.165, 1.54) is 0 Å². The molecule has 35 heavy (non-hydrogen) atoms. The van der Waals surface area contributed by atoms with Crippen molar-refractivity contribution in [1.82, 2.24) is 10.6 Å². The molecule has 8 nitrogen and oxygen atoms in total. The average Bonchev–Trinajstić information content (AvgIpc) is 3.25. The fourth-order valence-electron chi connectivity index (χ4n) is 5.09. The molecule has 9 heteroatoms. The summed E-state index contributed by atoms with van der Waals surface area (Å²) < 4.78 is 0. The smallest absolute Gasteiger partial charge is 0.426 e. The Morgan fingerprint density at radius 1 is 1.03 bits per heavy atom. The van der Waals surface area contributed by atoms with Crippen molar-refractivity contribution >= 4 is 23.8 Å². The van der Waals surface area contributed by atoms with Crippen LogP contribution >= 0.6 is 0 Å². The Balaban J connectivity index is 1.73. The molecule has 1 saturated heterocycles. The summed E-state index contributed by atoms with van der Waals surface area (Å²) in [5.74, 6) is -2.01. The maximum atomic E-state index is 13.5. The Bertz CT molecular complexity index is 1190. The molecule has 0 aromatic heterocycles. The van der Waals surface area contributed by atoms with Crippen LogP contribution in [0.15, 0.2) is 72.8 Å². The van der Waals surface area contributed by atoms with Crippen LogP contribution in [0.5, 0.6) is 0 Å². The number of carbonyl (C=O) groups excluding carboxylic acids is 1. The average molecular weight is 475 g/mol. The lowest BCUT2D eigenvalue weighted by Crippen LogP contribution is -2.53. The van der Waals surface area contributed by atoms with E-state index >= 15 is 0 Å². The Hall–Kier alpha value is -3.27. The number of benzene rings is 3. The molecule has 0 radical (unpaired) electrons. The zero-order chi connectivity index (χ0) is 25.1. The quantitative estimate of drug-likeness (QED) is 0.226. The van der Waals surface area contributed by atoms with E-state index in [1.54, 1.807) is 24.3 Å². The van der Waals surface area contributed by atoms with E-state index in [-0.39, 0.29) is 10.8 Å². The third kappa shape index (κ3) is 5.37. The summed E-state index contributed by atoms with van der Waals surface area (Å²) in [5.41, 5.74) is 1.40. The molecule has 5 atom stereocenters. The molecule has 5 unspecified atom stereocenters. The van der Waals surface area contributed by atoms with Gasteiger partial charge >= 0.3 is 7.12 Å². The number of rotatable bonds is 8. The number of hydrogen-bond acceptors (Lipinski definition) is 6. The lowest BCUT2D eigenvalue weighted by Gasteiger charge is -2.24. The fraction of sp³-hybridized carbons (Fsp3) is 0.346. The van der Waals surface area contributed by atoms with Crippen LogP contribution in [0.2, 0.25) is 0 Å². The molecule has 4 N–H and O–H groups in total. The van der Waals surface area contributed by atoms with Crippen LogP contribution in [0, 0.1) is 16.0 Å². The van der Waals surface area contributed by atoms with Gasteiger partial charge in [0.15, 0.2) is 0 Å². The van der Waals surface area contributed by atoms with E-state index < -0.39 is 43.0 Å². The molecule has 0 bridgehead atoms. The van der Waals surface area contributed by atoms with Crippen LogP contribution in [0.25, 0.3) is 10.8 Å². The summed E-state index contributed by atoms with van der Waals surface area (Å²) in [6.07, 6.45) is 0.360. The van der Waals surface area contributed by atoms with Crippen LogP contribution in [-0.4, -0.2) is 46.0 Å². The Morgan fingerprint density at radius 2 is 1.69 bits per heavy atom. The van der Waals surface area contributed by atoms with E-state index in [1.807, 2.05) is 62.4 Å². The van der Waals surface area contributed by atoms with Crippen LogP contribution < -0.4 is 10.6 Å². The maximum Gasteiger partial charge on any atom is 0.475 e. The Labute approximate surface area is 204 Å². The first-order valence-electron chi connectivity index (χ1n) is 11.9. The minimum Gasteiger partial charge on any atom is -0.426 e. The first kappa shape index (κ1) is 24.8. The molecular formula is C26H30BN3O5. The highest BCUT2D eigenvalue weighted by atomic mass is 16.6. The third-order valence-corrected chi connectivity index (χ3v) is 6.68. The fourth-order valence-corrected chi connectivity index (χ4v) is 5.09. The van der Waals surface area contributed by atoms with Crippen LogP contribution in [-0.2, 0) is 4.79 Å². The largest absolute Gasteiger partial charge is 0.475 e. The highest BCUT2D eigenvalue weighted by Gasteiger charge is 2.54. The molecule has 1 aliphatic rings. The summed E-state index contributed by atoms with van der Waals surface area (Å²) in [7, 11) is -1.74. The van der Waals surface area contributed by atoms with Crippen molar-refractivity contribution in [2.45, 2.75) is 50.3 Å². The number of fused-ring (bicyclic) bond motifs is 1. The second-order valence-corrected chi connectivity index (χ2v) is 9.60. The van der Waals surface area contributed by atoms with Gasteiger partial charge in [-0.3, -0.25) is 20.2 Å².